The standard InChI is InChI=1S/C11H11BrN2O3/c1-2-16-10-5-8(7-14-15)9(12)6-11(10)17-4-3-13/h5-7,15H,2,4H2,1H3. The monoisotopic (exact) mass is 298 g/mol. The molecule has 1 aromatic carbocycles. The van der Waals surface area contributed by atoms with Crippen molar-refractivity contribution in [2.45, 2.75) is 6.92 Å². The van der Waals surface area contributed by atoms with Crippen LogP contribution in [0.2, 0.25) is 0 Å². The van der Waals surface area contributed by atoms with Gasteiger partial charge in [0.05, 0.1) is 12.8 Å². The minimum absolute atomic E-state index is 0.0556. The van der Waals surface area contributed by atoms with E-state index >= 15 is 0 Å². The third-order valence-corrected chi connectivity index (χ3v) is 2.54. The summed E-state index contributed by atoms with van der Waals surface area (Å²) < 4.78 is 11.3. The molecule has 0 atom stereocenters. The Bertz CT molecular complexity index is 455. The Morgan fingerprint density at radius 3 is 2.76 bits per heavy atom. The van der Waals surface area contributed by atoms with E-state index in [1.54, 1.807) is 12.1 Å². The minimum atomic E-state index is -0.0556. The Morgan fingerprint density at radius 1 is 1.47 bits per heavy atom. The lowest BCUT2D eigenvalue weighted by Gasteiger charge is -2.11. The number of halogens is 1. The molecule has 0 spiro atoms. The van der Waals surface area contributed by atoms with Crippen LogP contribution in [0.15, 0.2) is 21.8 Å². The summed E-state index contributed by atoms with van der Waals surface area (Å²) in [6.07, 6.45) is 1.28. The van der Waals surface area contributed by atoms with Gasteiger partial charge in [-0.15, -0.1) is 0 Å². The molecule has 0 aromatic heterocycles. The van der Waals surface area contributed by atoms with Crippen LogP contribution >= 0.6 is 15.9 Å². The van der Waals surface area contributed by atoms with Crippen LogP contribution < -0.4 is 9.47 Å². The maximum Gasteiger partial charge on any atom is 0.174 e. The van der Waals surface area contributed by atoms with Gasteiger partial charge in [0.1, 0.15) is 6.07 Å². The van der Waals surface area contributed by atoms with Gasteiger partial charge in [-0.1, -0.05) is 5.16 Å². The van der Waals surface area contributed by atoms with Gasteiger partial charge in [0, 0.05) is 10.0 Å². The molecule has 0 aliphatic heterocycles. The first-order chi connectivity index (χ1) is 8.22. The van der Waals surface area contributed by atoms with Crippen molar-refractivity contribution in [3.8, 4) is 17.6 Å². The number of hydrogen-bond acceptors (Lipinski definition) is 5. The maximum absolute atomic E-state index is 8.51. The summed E-state index contributed by atoms with van der Waals surface area (Å²) in [4.78, 5) is 0. The lowest BCUT2D eigenvalue weighted by atomic mass is 10.2. The first-order valence-corrected chi connectivity index (χ1v) is 5.65. The molecule has 17 heavy (non-hydrogen) atoms. The van der Waals surface area contributed by atoms with E-state index in [0.29, 0.717) is 28.1 Å². The number of hydrogen-bond donors (Lipinski definition) is 1. The number of nitrogens with zero attached hydrogens (tertiary/aromatic N) is 2. The molecule has 0 fully saturated rings. The Hall–Kier alpha value is -1.74. The first kappa shape index (κ1) is 13.3. The summed E-state index contributed by atoms with van der Waals surface area (Å²) in [5, 5.41) is 19.9. The Morgan fingerprint density at radius 2 is 2.18 bits per heavy atom. The molecular weight excluding hydrogens is 288 g/mol. The summed E-state index contributed by atoms with van der Waals surface area (Å²) in [6.45, 7) is 2.26. The molecule has 0 heterocycles. The molecule has 0 saturated carbocycles. The summed E-state index contributed by atoms with van der Waals surface area (Å²) in [5.74, 6) is 0.969. The van der Waals surface area contributed by atoms with Crippen LogP contribution in [0, 0.1) is 11.3 Å². The molecule has 0 unspecified atom stereocenters. The Kier molecular flexibility index (Phi) is 5.30. The van der Waals surface area contributed by atoms with Gasteiger partial charge in [-0.25, -0.2) is 0 Å². The number of ether oxygens (including phenoxy) is 2. The fourth-order valence-corrected chi connectivity index (χ4v) is 1.63. The lowest BCUT2D eigenvalue weighted by Crippen LogP contribution is -2.00. The zero-order chi connectivity index (χ0) is 12.7. The van der Waals surface area contributed by atoms with Crippen LogP contribution in [0.5, 0.6) is 11.5 Å². The normalized spacial score (nSPS) is 10.2. The van der Waals surface area contributed by atoms with Gasteiger partial charge in [-0.3, -0.25) is 0 Å². The van der Waals surface area contributed by atoms with Crippen molar-refractivity contribution in [2.24, 2.45) is 5.16 Å². The van der Waals surface area contributed by atoms with Gasteiger partial charge in [0.25, 0.3) is 0 Å². The van der Waals surface area contributed by atoms with E-state index in [1.807, 2.05) is 13.0 Å². The van der Waals surface area contributed by atoms with Crippen molar-refractivity contribution in [3.63, 3.8) is 0 Å². The van der Waals surface area contributed by atoms with Crippen molar-refractivity contribution < 1.29 is 14.7 Å². The summed E-state index contributed by atoms with van der Waals surface area (Å²) in [6, 6.07) is 5.22. The van der Waals surface area contributed by atoms with E-state index in [9.17, 15) is 0 Å². The SMILES string of the molecule is CCOc1cc(C=NO)c(Br)cc1OCC#N. The largest absolute Gasteiger partial charge is 0.490 e. The third-order valence-electron chi connectivity index (χ3n) is 1.85. The minimum Gasteiger partial charge on any atom is -0.490 e. The van der Waals surface area contributed by atoms with E-state index in [2.05, 4.69) is 21.1 Å². The predicted molar refractivity (Wildman–Crippen MR) is 65.8 cm³/mol. The first-order valence-electron chi connectivity index (χ1n) is 4.86. The molecule has 0 saturated heterocycles. The summed E-state index contributed by atoms with van der Waals surface area (Å²) in [7, 11) is 0. The fourth-order valence-electron chi connectivity index (χ4n) is 1.20. The smallest absolute Gasteiger partial charge is 0.174 e. The molecule has 90 valence electrons. The van der Waals surface area contributed by atoms with Crippen molar-refractivity contribution in [1.82, 2.24) is 0 Å². The third kappa shape index (κ3) is 3.64. The fraction of sp³-hybridized carbons (Fsp3) is 0.273. The van der Waals surface area contributed by atoms with Crippen LogP contribution in [-0.4, -0.2) is 24.6 Å². The number of rotatable bonds is 5. The van der Waals surface area contributed by atoms with Crippen molar-refractivity contribution in [1.29, 1.82) is 5.26 Å². The van der Waals surface area contributed by atoms with E-state index in [4.69, 9.17) is 19.9 Å². The highest BCUT2D eigenvalue weighted by molar-refractivity contribution is 9.10. The van der Waals surface area contributed by atoms with E-state index in [1.165, 1.54) is 6.21 Å². The van der Waals surface area contributed by atoms with Gasteiger partial charge < -0.3 is 14.7 Å². The highest BCUT2D eigenvalue weighted by Crippen LogP contribution is 2.33. The molecule has 0 bridgehead atoms. The van der Waals surface area contributed by atoms with E-state index in [-0.39, 0.29) is 6.61 Å². The second kappa shape index (κ2) is 6.76. The molecule has 1 aromatic rings. The molecule has 0 aliphatic rings. The molecule has 0 aliphatic carbocycles. The summed E-state index contributed by atoms with van der Waals surface area (Å²) >= 11 is 3.30. The molecule has 1 rings (SSSR count). The van der Waals surface area contributed by atoms with Gasteiger partial charge in [-0.2, -0.15) is 5.26 Å². The predicted octanol–water partition coefficient (Wildman–Crippen LogP) is 2.56. The van der Waals surface area contributed by atoms with E-state index in [0.717, 1.165) is 0 Å². The number of benzene rings is 1. The average Bonchev–Trinajstić information content (AvgIpc) is 2.32. The van der Waals surface area contributed by atoms with Gasteiger partial charge >= 0.3 is 0 Å². The van der Waals surface area contributed by atoms with Crippen LogP contribution in [0.3, 0.4) is 0 Å². The van der Waals surface area contributed by atoms with Gasteiger partial charge in [-0.05, 0) is 35.0 Å². The second-order valence-corrected chi connectivity index (χ2v) is 3.80. The van der Waals surface area contributed by atoms with Gasteiger partial charge in [0.15, 0.2) is 18.1 Å². The molecule has 0 radical (unpaired) electrons. The van der Waals surface area contributed by atoms with Crippen molar-refractivity contribution in [2.75, 3.05) is 13.2 Å². The quantitative estimate of drug-likeness (QED) is 0.515. The van der Waals surface area contributed by atoms with E-state index < -0.39 is 0 Å². The highest BCUT2D eigenvalue weighted by Gasteiger charge is 2.09. The Labute approximate surface area is 107 Å². The van der Waals surface area contributed by atoms with Gasteiger partial charge in [0.2, 0.25) is 0 Å². The lowest BCUT2D eigenvalue weighted by molar-refractivity contribution is 0.298. The summed E-state index contributed by atoms with van der Waals surface area (Å²) in [5.41, 5.74) is 0.653. The molecule has 5 nitrogen and oxygen atoms in total. The Balaban J connectivity index is 3.11. The average molecular weight is 299 g/mol. The molecule has 0 amide bonds. The highest BCUT2D eigenvalue weighted by atomic mass is 79.9. The van der Waals surface area contributed by atoms with Crippen LogP contribution in [0.1, 0.15) is 12.5 Å². The zero-order valence-corrected chi connectivity index (χ0v) is 10.8. The van der Waals surface area contributed by atoms with Crippen LogP contribution in [0.4, 0.5) is 0 Å². The zero-order valence-electron chi connectivity index (χ0n) is 9.18. The van der Waals surface area contributed by atoms with Crippen molar-refractivity contribution >= 4 is 22.1 Å². The topological polar surface area (TPSA) is 74.8 Å². The molecule has 6 heteroatoms. The number of oxime groups is 1. The molecular formula is C11H11BrN2O3. The molecule has 1 N–H and O–H groups in total. The van der Waals surface area contributed by atoms with Crippen LogP contribution in [-0.2, 0) is 0 Å². The van der Waals surface area contributed by atoms with Crippen LogP contribution in [0.25, 0.3) is 0 Å². The second-order valence-electron chi connectivity index (χ2n) is 2.94. The number of nitriles is 1. The maximum atomic E-state index is 8.51. The van der Waals surface area contributed by atoms with Crippen molar-refractivity contribution in [3.05, 3.63) is 22.2 Å².